The molecule has 29 heavy (non-hydrogen) atoms. The van der Waals surface area contributed by atoms with Crippen molar-refractivity contribution < 1.29 is 42.9 Å². The fourth-order valence-electron chi connectivity index (χ4n) is 2.69. The second-order valence-corrected chi connectivity index (χ2v) is 6.05. The Bertz CT molecular complexity index is 665. The monoisotopic (exact) mass is 416 g/mol. The summed E-state index contributed by atoms with van der Waals surface area (Å²) in [4.78, 5) is 48.7. The van der Waals surface area contributed by atoms with Crippen LogP contribution in [0.5, 0.6) is 0 Å². The van der Waals surface area contributed by atoms with E-state index in [4.69, 9.17) is 29.2 Å². The Morgan fingerprint density at radius 2 is 1.66 bits per heavy atom. The van der Waals surface area contributed by atoms with Crippen molar-refractivity contribution in [2.24, 2.45) is 5.11 Å². The lowest BCUT2D eigenvalue weighted by Gasteiger charge is -2.44. The molecule has 1 heterocycles. The summed E-state index contributed by atoms with van der Waals surface area (Å²) < 4.78 is 26.8. The number of rotatable bonds is 9. The van der Waals surface area contributed by atoms with Gasteiger partial charge < -0.3 is 29.0 Å². The summed E-state index contributed by atoms with van der Waals surface area (Å²) >= 11 is 0. The largest absolute Gasteiger partial charge is 0.463 e. The molecule has 0 aromatic rings. The van der Waals surface area contributed by atoms with Crippen molar-refractivity contribution in [1.82, 2.24) is 5.32 Å². The van der Waals surface area contributed by atoms with Crippen LogP contribution in [0.1, 0.15) is 27.7 Å². The standard InChI is InChI=1S/C16H24N4O9/c1-8(21)19-13-15(28-11(4)24)14(27-10(3)23)12(7-26-9(2)22)29-16(13)25-6-5-18-20-17/h12-16H,5-7H2,1-4H3,(H,19,21). The lowest BCUT2D eigenvalue weighted by Crippen LogP contribution is -2.66. The molecule has 0 bridgehead atoms. The summed E-state index contributed by atoms with van der Waals surface area (Å²) in [6, 6.07) is -1.06. The maximum Gasteiger partial charge on any atom is 0.303 e. The van der Waals surface area contributed by atoms with Gasteiger partial charge >= 0.3 is 17.9 Å². The second kappa shape index (κ2) is 11.8. The van der Waals surface area contributed by atoms with E-state index in [1.54, 1.807) is 0 Å². The van der Waals surface area contributed by atoms with E-state index in [0.717, 1.165) is 13.8 Å². The van der Waals surface area contributed by atoms with Crippen LogP contribution in [0.15, 0.2) is 5.11 Å². The average molecular weight is 416 g/mol. The highest BCUT2D eigenvalue weighted by Gasteiger charge is 2.51. The Kier molecular flexibility index (Phi) is 9.86. The van der Waals surface area contributed by atoms with E-state index in [1.807, 2.05) is 0 Å². The van der Waals surface area contributed by atoms with E-state index in [9.17, 15) is 19.2 Å². The molecule has 0 saturated carbocycles. The molecule has 1 fully saturated rings. The van der Waals surface area contributed by atoms with Crippen LogP contribution >= 0.6 is 0 Å². The first kappa shape index (κ1) is 24.1. The van der Waals surface area contributed by atoms with Crippen molar-refractivity contribution in [2.75, 3.05) is 19.8 Å². The number of hydrogen-bond acceptors (Lipinski definition) is 10. The fraction of sp³-hybridized carbons (Fsp3) is 0.750. The van der Waals surface area contributed by atoms with Crippen LogP contribution in [-0.4, -0.2) is 74.2 Å². The van der Waals surface area contributed by atoms with Gasteiger partial charge in [-0.25, -0.2) is 0 Å². The zero-order valence-corrected chi connectivity index (χ0v) is 16.5. The van der Waals surface area contributed by atoms with Crippen molar-refractivity contribution >= 4 is 23.8 Å². The molecule has 162 valence electrons. The maximum atomic E-state index is 11.7. The van der Waals surface area contributed by atoms with E-state index in [0.29, 0.717) is 0 Å². The predicted octanol–water partition coefficient (Wildman–Crippen LogP) is -0.0306. The molecule has 1 N–H and O–H groups in total. The van der Waals surface area contributed by atoms with Crippen LogP contribution in [0, 0.1) is 0 Å². The smallest absolute Gasteiger partial charge is 0.303 e. The SMILES string of the molecule is CC(=O)NC1C(OCCN=[N+]=[N-])OC(COC(C)=O)C(OC(C)=O)C1OC(C)=O. The van der Waals surface area contributed by atoms with Gasteiger partial charge in [0.15, 0.2) is 18.5 Å². The molecule has 0 spiro atoms. The van der Waals surface area contributed by atoms with Gasteiger partial charge in [-0.15, -0.1) is 0 Å². The Morgan fingerprint density at radius 1 is 1.03 bits per heavy atom. The van der Waals surface area contributed by atoms with Crippen LogP contribution in [-0.2, 0) is 42.9 Å². The van der Waals surface area contributed by atoms with Crippen LogP contribution in [0.2, 0.25) is 0 Å². The van der Waals surface area contributed by atoms with Crippen LogP contribution < -0.4 is 5.32 Å². The molecular weight excluding hydrogens is 392 g/mol. The number of esters is 3. The lowest BCUT2D eigenvalue weighted by atomic mass is 9.96. The van der Waals surface area contributed by atoms with E-state index in [-0.39, 0.29) is 19.8 Å². The van der Waals surface area contributed by atoms with Gasteiger partial charge in [0.05, 0.1) is 6.61 Å². The number of ether oxygens (including phenoxy) is 5. The number of amides is 1. The molecule has 1 saturated heterocycles. The highest BCUT2D eigenvalue weighted by atomic mass is 16.7. The summed E-state index contributed by atoms with van der Waals surface area (Å²) in [5.41, 5.74) is 8.36. The normalized spacial score (nSPS) is 25.9. The van der Waals surface area contributed by atoms with Gasteiger partial charge in [0.25, 0.3) is 0 Å². The minimum absolute atomic E-state index is 0.0244. The zero-order chi connectivity index (χ0) is 22.0. The maximum absolute atomic E-state index is 11.7. The zero-order valence-electron chi connectivity index (χ0n) is 16.5. The molecule has 1 aliphatic heterocycles. The van der Waals surface area contributed by atoms with Gasteiger partial charge in [0, 0.05) is 39.2 Å². The second-order valence-electron chi connectivity index (χ2n) is 6.05. The minimum Gasteiger partial charge on any atom is -0.463 e. The Morgan fingerprint density at radius 3 is 2.17 bits per heavy atom. The molecule has 0 aliphatic carbocycles. The third-order valence-corrected chi connectivity index (χ3v) is 3.61. The average Bonchev–Trinajstić information content (AvgIpc) is 2.60. The molecule has 0 aromatic heterocycles. The molecular formula is C16H24N4O9. The number of hydrogen-bond donors (Lipinski definition) is 1. The molecule has 5 atom stereocenters. The third kappa shape index (κ3) is 8.34. The van der Waals surface area contributed by atoms with Gasteiger partial charge in [-0.05, 0) is 5.53 Å². The van der Waals surface area contributed by atoms with Gasteiger partial charge in [0.1, 0.15) is 18.8 Å². The number of carbonyl (C=O) groups excluding carboxylic acids is 4. The first-order valence-corrected chi connectivity index (χ1v) is 8.68. The Hall–Kier alpha value is -2.89. The summed E-state index contributed by atoms with van der Waals surface area (Å²) in [6.45, 7) is 4.27. The van der Waals surface area contributed by atoms with Gasteiger partial charge in [-0.3, -0.25) is 19.2 Å². The Balaban J connectivity index is 3.22. The van der Waals surface area contributed by atoms with Gasteiger partial charge in [0.2, 0.25) is 5.91 Å². The number of carbonyl (C=O) groups is 4. The highest BCUT2D eigenvalue weighted by Crippen LogP contribution is 2.28. The molecule has 1 amide bonds. The van der Waals surface area contributed by atoms with Crippen LogP contribution in [0.4, 0.5) is 0 Å². The summed E-state index contributed by atoms with van der Waals surface area (Å²) in [5.74, 6) is -2.50. The van der Waals surface area contributed by atoms with Crippen molar-refractivity contribution in [3.8, 4) is 0 Å². The van der Waals surface area contributed by atoms with Gasteiger partial charge in [-0.1, -0.05) is 5.11 Å². The molecule has 0 radical (unpaired) electrons. The van der Waals surface area contributed by atoms with E-state index < -0.39 is 54.5 Å². The van der Waals surface area contributed by atoms with E-state index in [1.165, 1.54) is 13.8 Å². The third-order valence-electron chi connectivity index (χ3n) is 3.61. The van der Waals surface area contributed by atoms with Crippen LogP contribution in [0.3, 0.4) is 0 Å². The lowest BCUT2D eigenvalue weighted by molar-refractivity contribution is -0.277. The molecule has 0 aromatic carbocycles. The minimum atomic E-state index is -1.20. The summed E-state index contributed by atoms with van der Waals surface area (Å²) in [6.07, 6.45) is -4.62. The molecule has 13 nitrogen and oxygen atoms in total. The first-order valence-electron chi connectivity index (χ1n) is 8.68. The van der Waals surface area contributed by atoms with E-state index in [2.05, 4.69) is 15.3 Å². The quantitative estimate of drug-likeness (QED) is 0.135. The number of nitrogens with one attached hydrogen (secondary N) is 1. The summed E-state index contributed by atoms with van der Waals surface area (Å²) in [7, 11) is 0. The number of azide groups is 1. The topological polar surface area (TPSA) is 175 Å². The number of nitrogens with zero attached hydrogens (tertiary/aromatic N) is 3. The van der Waals surface area contributed by atoms with Crippen molar-refractivity contribution in [3.05, 3.63) is 10.4 Å². The molecule has 1 rings (SSSR count). The molecule has 1 aliphatic rings. The Labute approximate surface area is 166 Å². The molecule has 13 heteroatoms. The van der Waals surface area contributed by atoms with Gasteiger partial charge in [-0.2, -0.15) is 0 Å². The highest BCUT2D eigenvalue weighted by molar-refractivity contribution is 5.73. The first-order chi connectivity index (χ1) is 13.6. The molecule has 5 unspecified atom stereocenters. The van der Waals surface area contributed by atoms with Crippen molar-refractivity contribution in [2.45, 2.75) is 58.3 Å². The van der Waals surface area contributed by atoms with Crippen molar-refractivity contribution in [3.63, 3.8) is 0 Å². The van der Waals surface area contributed by atoms with E-state index >= 15 is 0 Å². The summed E-state index contributed by atoms with van der Waals surface area (Å²) in [5, 5.41) is 5.88. The fourth-order valence-corrected chi connectivity index (χ4v) is 2.69. The van der Waals surface area contributed by atoms with Crippen molar-refractivity contribution in [1.29, 1.82) is 0 Å². The van der Waals surface area contributed by atoms with Crippen LogP contribution in [0.25, 0.3) is 10.4 Å². The predicted molar refractivity (Wildman–Crippen MR) is 94.0 cm³/mol.